The number of benzene rings is 1. The summed E-state index contributed by atoms with van der Waals surface area (Å²) in [6, 6.07) is 11.3. The zero-order valence-electron chi connectivity index (χ0n) is 17.0. The van der Waals surface area contributed by atoms with E-state index in [-0.39, 0.29) is 5.97 Å². The highest BCUT2D eigenvalue weighted by atomic mass is 16.5. The van der Waals surface area contributed by atoms with Gasteiger partial charge in [0.05, 0.1) is 7.11 Å². The average Bonchev–Trinajstić information content (AvgIpc) is 2.72. The molecule has 0 aliphatic carbocycles. The van der Waals surface area contributed by atoms with Gasteiger partial charge in [-0.25, -0.2) is 0 Å². The van der Waals surface area contributed by atoms with Gasteiger partial charge in [0.15, 0.2) is 5.96 Å². The molecule has 1 heterocycles. The van der Waals surface area contributed by atoms with E-state index in [1.54, 1.807) is 0 Å². The fourth-order valence-corrected chi connectivity index (χ4v) is 3.65. The molecule has 1 aromatic rings. The van der Waals surface area contributed by atoms with Gasteiger partial charge in [0.2, 0.25) is 0 Å². The third-order valence-corrected chi connectivity index (χ3v) is 5.16. The van der Waals surface area contributed by atoms with Crippen LogP contribution < -0.4 is 5.32 Å². The summed E-state index contributed by atoms with van der Waals surface area (Å²) in [6.07, 6.45) is 3.37. The second kappa shape index (κ2) is 11.6. The maximum absolute atomic E-state index is 11.1. The molecule has 0 bridgehead atoms. The number of nitrogens with zero attached hydrogens (tertiary/aromatic N) is 3. The van der Waals surface area contributed by atoms with Crippen molar-refractivity contribution in [3.8, 4) is 0 Å². The van der Waals surface area contributed by atoms with Crippen LogP contribution in [0.15, 0.2) is 35.3 Å². The lowest BCUT2D eigenvalue weighted by atomic mass is 10.0. The third-order valence-electron chi connectivity index (χ3n) is 5.16. The van der Waals surface area contributed by atoms with Crippen molar-refractivity contribution in [2.45, 2.75) is 38.6 Å². The minimum Gasteiger partial charge on any atom is -0.469 e. The SMILES string of the molecule is CCC(c1ccccc1)N1CCN(C(=NC)NCCCCC(=O)OC)CC1. The lowest BCUT2D eigenvalue weighted by Gasteiger charge is -2.40. The molecule has 0 spiro atoms. The second-order valence-electron chi connectivity index (χ2n) is 6.86. The zero-order valence-corrected chi connectivity index (χ0v) is 17.0. The molecule has 1 aliphatic rings. The monoisotopic (exact) mass is 374 g/mol. The molecule has 0 radical (unpaired) electrons. The molecule has 1 atom stereocenters. The number of hydrogen-bond acceptors (Lipinski definition) is 4. The Labute approximate surface area is 163 Å². The van der Waals surface area contributed by atoms with Crippen LogP contribution in [-0.2, 0) is 9.53 Å². The van der Waals surface area contributed by atoms with Gasteiger partial charge in [0.1, 0.15) is 0 Å². The van der Waals surface area contributed by atoms with E-state index in [9.17, 15) is 4.79 Å². The standard InChI is InChI=1S/C21H34N4O2/c1-4-19(18-10-6-5-7-11-18)24-14-16-25(17-15-24)21(22-2)23-13-9-8-12-20(26)27-3/h5-7,10-11,19H,4,8-9,12-17H2,1-3H3,(H,22,23). The number of nitrogens with one attached hydrogen (secondary N) is 1. The van der Waals surface area contributed by atoms with Crippen molar-refractivity contribution in [2.75, 3.05) is 46.9 Å². The number of piperazine rings is 1. The zero-order chi connectivity index (χ0) is 19.5. The van der Waals surface area contributed by atoms with Crippen LogP contribution in [0.2, 0.25) is 0 Å². The van der Waals surface area contributed by atoms with Gasteiger partial charge < -0.3 is 15.0 Å². The minimum absolute atomic E-state index is 0.139. The normalized spacial score (nSPS) is 16.9. The highest BCUT2D eigenvalue weighted by molar-refractivity contribution is 5.80. The molecular formula is C21H34N4O2. The first-order chi connectivity index (χ1) is 13.2. The third kappa shape index (κ3) is 6.54. The molecule has 1 saturated heterocycles. The van der Waals surface area contributed by atoms with Gasteiger partial charge in [-0.15, -0.1) is 0 Å². The topological polar surface area (TPSA) is 57.2 Å². The fraction of sp³-hybridized carbons (Fsp3) is 0.619. The first kappa shape index (κ1) is 21.2. The van der Waals surface area contributed by atoms with Gasteiger partial charge in [-0.2, -0.15) is 0 Å². The Bertz CT molecular complexity index is 583. The van der Waals surface area contributed by atoms with E-state index >= 15 is 0 Å². The number of ether oxygens (including phenoxy) is 1. The van der Waals surface area contributed by atoms with Crippen LogP contribution in [-0.4, -0.2) is 68.6 Å². The van der Waals surface area contributed by atoms with Gasteiger partial charge in [0, 0.05) is 52.2 Å². The molecule has 1 fully saturated rings. The molecular weight excluding hydrogens is 340 g/mol. The van der Waals surface area contributed by atoms with Crippen molar-refractivity contribution in [1.82, 2.24) is 15.1 Å². The summed E-state index contributed by atoms with van der Waals surface area (Å²) in [7, 11) is 3.27. The number of carbonyl (C=O) groups is 1. The minimum atomic E-state index is -0.139. The van der Waals surface area contributed by atoms with E-state index in [0.717, 1.165) is 57.9 Å². The summed E-state index contributed by atoms with van der Waals surface area (Å²) in [5.74, 6) is 0.819. The Balaban J connectivity index is 1.76. The van der Waals surface area contributed by atoms with Crippen molar-refractivity contribution in [3.05, 3.63) is 35.9 Å². The molecule has 1 aliphatic heterocycles. The van der Waals surface area contributed by atoms with Crippen LogP contribution >= 0.6 is 0 Å². The summed E-state index contributed by atoms with van der Waals surface area (Å²) < 4.78 is 4.67. The fourth-order valence-electron chi connectivity index (χ4n) is 3.65. The van der Waals surface area contributed by atoms with E-state index < -0.39 is 0 Å². The summed E-state index contributed by atoms with van der Waals surface area (Å²) in [5.41, 5.74) is 1.40. The number of hydrogen-bond donors (Lipinski definition) is 1. The van der Waals surface area contributed by atoms with Crippen molar-refractivity contribution >= 4 is 11.9 Å². The number of methoxy groups -OCH3 is 1. The highest BCUT2D eigenvalue weighted by Crippen LogP contribution is 2.25. The molecule has 1 aromatic carbocycles. The Kier molecular flexibility index (Phi) is 9.11. The molecule has 0 aromatic heterocycles. The number of unbranched alkanes of at least 4 members (excludes halogenated alkanes) is 1. The summed E-state index contributed by atoms with van der Waals surface area (Å²) in [4.78, 5) is 20.5. The number of carbonyl (C=O) groups excluding carboxylic acids is 1. The summed E-state index contributed by atoms with van der Waals surface area (Å²) in [5, 5.41) is 3.43. The van der Waals surface area contributed by atoms with Gasteiger partial charge in [-0.1, -0.05) is 37.3 Å². The summed E-state index contributed by atoms with van der Waals surface area (Å²) >= 11 is 0. The first-order valence-corrected chi connectivity index (χ1v) is 10.0. The molecule has 1 unspecified atom stereocenters. The first-order valence-electron chi connectivity index (χ1n) is 10.0. The van der Waals surface area contributed by atoms with Gasteiger partial charge in [-0.05, 0) is 24.8 Å². The van der Waals surface area contributed by atoms with Gasteiger partial charge >= 0.3 is 5.97 Å². The van der Waals surface area contributed by atoms with Crippen LogP contribution in [0.3, 0.4) is 0 Å². The Morgan fingerprint density at radius 3 is 2.48 bits per heavy atom. The van der Waals surface area contributed by atoms with E-state index in [1.165, 1.54) is 12.7 Å². The maximum Gasteiger partial charge on any atom is 0.305 e. The van der Waals surface area contributed by atoms with Gasteiger partial charge in [0.25, 0.3) is 0 Å². The van der Waals surface area contributed by atoms with Crippen LogP contribution in [0.4, 0.5) is 0 Å². The van der Waals surface area contributed by atoms with Crippen molar-refractivity contribution < 1.29 is 9.53 Å². The molecule has 2 rings (SSSR count). The molecule has 0 amide bonds. The van der Waals surface area contributed by atoms with Crippen LogP contribution in [0, 0.1) is 0 Å². The van der Waals surface area contributed by atoms with Crippen molar-refractivity contribution in [2.24, 2.45) is 4.99 Å². The average molecular weight is 375 g/mol. The van der Waals surface area contributed by atoms with Crippen LogP contribution in [0.1, 0.15) is 44.2 Å². The van der Waals surface area contributed by atoms with E-state index in [2.05, 4.69) is 62.1 Å². The van der Waals surface area contributed by atoms with Gasteiger partial charge in [-0.3, -0.25) is 14.7 Å². The predicted molar refractivity (Wildman–Crippen MR) is 110 cm³/mol. The maximum atomic E-state index is 11.1. The number of esters is 1. The largest absolute Gasteiger partial charge is 0.469 e. The molecule has 6 nitrogen and oxygen atoms in total. The second-order valence-corrected chi connectivity index (χ2v) is 6.86. The Morgan fingerprint density at radius 1 is 1.19 bits per heavy atom. The quantitative estimate of drug-likeness (QED) is 0.328. The molecule has 1 N–H and O–H groups in total. The molecule has 0 saturated carbocycles. The number of guanidine groups is 1. The smallest absolute Gasteiger partial charge is 0.305 e. The summed E-state index contributed by atoms with van der Waals surface area (Å²) in [6.45, 7) is 7.12. The van der Waals surface area contributed by atoms with E-state index in [0.29, 0.717) is 12.5 Å². The van der Waals surface area contributed by atoms with E-state index in [1.807, 2.05) is 7.05 Å². The lowest BCUT2D eigenvalue weighted by Crippen LogP contribution is -2.53. The molecule has 6 heteroatoms. The number of aliphatic imine (C=N–C) groups is 1. The van der Waals surface area contributed by atoms with Crippen molar-refractivity contribution in [1.29, 1.82) is 0 Å². The number of rotatable bonds is 8. The van der Waals surface area contributed by atoms with Crippen molar-refractivity contribution in [3.63, 3.8) is 0 Å². The highest BCUT2D eigenvalue weighted by Gasteiger charge is 2.25. The Hall–Kier alpha value is -2.08. The molecule has 27 heavy (non-hydrogen) atoms. The predicted octanol–water partition coefficient (Wildman–Crippen LogP) is 2.67. The van der Waals surface area contributed by atoms with E-state index in [4.69, 9.17) is 0 Å². The molecule has 150 valence electrons. The van der Waals surface area contributed by atoms with Crippen LogP contribution in [0.5, 0.6) is 0 Å². The van der Waals surface area contributed by atoms with Crippen LogP contribution in [0.25, 0.3) is 0 Å². The lowest BCUT2D eigenvalue weighted by molar-refractivity contribution is -0.140. The Morgan fingerprint density at radius 2 is 1.89 bits per heavy atom.